The van der Waals surface area contributed by atoms with Crippen LogP contribution in [0.3, 0.4) is 0 Å². The third kappa shape index (κ3) is 5.75. The average molecular weight is 263 g/mol. The van der Waals surface area contributed by atoms with Gasteiger partial charge in [0, 0.05) is 18.0 Å². The molecule has 0 radical (unpaired) electrons. The van der Waals surface area contributed by atoms with Gasteiger partial charge >= 0.3 is 0 Å². The molecule has 0 fully saturated rings. The van der Waals surface area contributed by atoms with Gasteiger partial charge < -0.3 is 10.1 Å². The Bertz CT molecular complexity index is 330. The highest BCUT2D eigenvalue weighted by Gasteiger charge is 2.26. The highest BCUT2D eigenvalue weighted by Crippen LogP contribution is 2.26. The smallest absolute Gasteiger partial charge is 0.0717 e. The summed E-state index contributed by atoms with van der Waals surface area (Å²) in [6, 6.07) is 10.9. The van der Waals surface area contributed by atoms with Crippen molar-refractivity contribution >= 4 is 0 Å². The van der Waals surface area contributed by atoms with Gasteiger partial charge in [-0.15, -0.1) is 0 Å². The van der Waals surface area contributed by atoms with E-state index in [1.54, 1.807) is 0 Å². The van der Waals surface area contributed by atoms with Crippen molar-refractivity contribution in [3.05, 3.63) is 35.9 Å². The number of rotatable bonds is 9. The molecule has 0 aliphatic rings. The molecule has 0 bridgehead atoms. The summed E-state index contributed by atoms with van der Waals surface area (Å²) in [5.41, 5.74) is 1.51. The minimum atomic E-state index is 0.263. The monoisotopic (exact) mass is 263 g/mol. The number of hydrogen-bond acceptors (Lipinski definition) is 2. The Morgan fingerprint density at radius 3 is 2.26 bits per heavy atom. The Morgan fingerprint density at radius 1 is 1.11 bits per heavy atom. The zero-order valence-electron chi connectivity index (χ0n) is 12.9. The van der Waals surface area contributed by atoms with Gasteiger partial charge in [0.1, 0.15) is 0 Å². The zero-order chi connectivity index (χ0) is 14.1. The third-order valence-electron chi connectivity index (χ3n) is 3.91. The van der Waals surface area contributed by atoms with Crippen molar-refractivity contribution in [1.29, 1.82) is 0 Å². The maximum Gasteiger partial charge on any atom is 0.0717 e. The van der Waals surface area contributed by atoms with Crippen molar-refractivity contribution < 1.29 is 4.74 Å². The van der Waals surface area contributed by atoms with E-state index in [0.717, 1.165) is 26.0 Å². The van der Waals surface area contributed by atoms with Crippen molar-refractivity contribution in [2.24, 2.45) is 5.41 Å². The fourth-order valence-corrected chi connectivity index (χ4v) is 2.14. The fourth-order valence-electron chi connectivity index (χ4n) is 2.14. The molecule has 1 aromatic carbocycles. The van der Waals surface area contributed by atoms with E-state index in [1.165, 1.54) is 5.56 Å². The zero-order valence-corrected chi connectivity index (χ0v) is 12.9. The first-order chi connectivity index (χ1) is 9.12. The molecule has 0 spiro atoms. The standard InChI is InChI=1S/C17H29NO/c1-5-17(6-2,13-18-15(3)4)14-19-12-16-10-8-7-9-11-16/h7-11,15,18H,5-6,12-14H2,1-4H3. The third-order valence-corrected chi connectivity index (χ3v) is 3.91. The summed E-state index contributed by atoms with van der Waals surface area (Å²) in [4.78, 5) is 0. The lowest BCUT2D eigenvalue weighted by molar-refractivity contribution is 0.0270. The Morgan fingerprint density at radius 2 is 1.74 bits per heavy atom. The summed E-state index contributed by atoms with van der Waals surface area (Å²) in [6.07, 6.45) is 2.30. The Kier molecular flexibility index (Phi) is 7.11. The van der Waals surface area contributed by atoms with Gasteiger partial charge in [0.05, 0.1) is 13.2 Å². The van der Waals surface area contributed by atoms with E-state index in [0.29, 0.717) is 12.6 Å². The van der Waals surface area contributed by atoms with Gasteiger partial charge in [-0.25, -0.2) is 0 Å². The number of hydrogen-bond donors (Lipinski definition) is 1. The van der Waals surface area contributed by atoms with Gasteiger partial charge in [-0.3, -0.25) is 0 Å². The van der Waals surface area contributed by atoms with E-state index < -0.39 is 0 Å². The molecule has 108 valence electrons. The van der Waals surface area contributed by atoms with Crippen LogP contribution in [0.4, 0.5) is 0 Å². The minimum absolute atomic E-state index is 0.263. The summed E-state index contributed by atoms with van der Waals surface area (Å²) in [7, 11) is 0. The van der Waals surface area contributed by atoms with Crippen LogP contribution in [-0.2, 0) is 11.3 Å². The summed E-state index contributed by atoms with van der Waals surface area (Å²) in [5.74, 6) is 0. The van der Waals surface area contributed by atoms with Crippen LogP contribution in [0.25, 0.3) is 0 Å². The van der Waals surface area contributed by atoms with Crippen LogP contribution in [0.5, 0.6) is 0 Å². The molecule has 0 saturated heterocycles. The van der Waals surface area contributed by atoms with E-state index in [9.17, 15) is 0 Å². The number of benzene rings is 1. The SMILES string of the molecule is CCC(CC)(CNC(C)C)COCc1ccccc1. The van der Waals surface area contributed by atoms with Crippen LogP contribution in [0, 0.1) is 5.41 Å². The second kappa shape index (κ2) is 8.34. The van der Waals surface area contributed by atoms with Crippen LogP contribution >= 0.6 is 0 Å². The molecular weight excluding hydrogens is 234 g/mol. The number of nitrogens with one attached hydrogen (secondary N) is 1. The lowest BCUT2D eigenvalue weighted by Crippen LogP contribution is -2.40. The van der Waals surface area contributed by atoms with Crippen molar-refractivity contribution in [2.75, 3.05) is 13.2 Å². The van der Waals surface area contributed by atoms with E-state index in [1.807, 2.05) is 6.07 Å². The molecule has 1 rings (SSSR count). The predicted molar refractivity (Wildman–Crippen MR) is 82.3 cm³/mol. The first-order valence-corrected chi connectivity index (χ1v) is 7.47. The minimum Gasteiger partial charge on any atom is -0.376 e. The predicted octanol–water partition coefficient (Wildman–Crippen LogP) is 4.01. The Labute approximate surface area is 118 Å². The molecule has 0 aliphatic carbocycles. The highest BCUT2D eigenvalue weighted by atomic mass is 16.5. The number of ether oxygens (including phenoxy) is 1. The van der Waals surface area contributed by atoms with Crippen molar-refractivity contribution in [1.82, 2.24) is 5.32 Å². The Balaban J connectivity index is 2.44. The van der Waals surface area contributed by atoms with Crippen LogP contribution < -0.4 is 5.32 Å². The second-order valence-corrected chi connectivity index (χ2v) is 5.72. The summed E-state index contributed by atoms with van der Waals surface area (Å²) in [6.45, 7) is 11.5. The van der Waals surface area contributed by atoms with E-state index >= 15 is 0 Å². The van der Waals surface area contributed by atoms with Gasteiger partial charge in [0.2, 0.25) is 0 Å². The lowest BCUT2D eigenvalue weighted by atomic mass is 9.83. The molecule has 0 amide bonds. The van der Waals surface area contributed by atoms with Crippen molar-refractivity contribution in [3.63, 3.8) is 0 Å². The second-order valence-electron chi connectivity index (χ2n) is 5.72. The van der Waals surface area contributed by atoms with Crippen molar-refractivity contribution in [3.8, 4) is 0 Å². The first kappa shape index (κ1) is 16.2. The Hall–Kier alpha value is -0.860. The molecule has 0 aromatic heterocycles. The molecule has 0 saturated carbocycles. The molecule has 0 atom stereocenters. The van der Waals surface area contributed by atoms with E-state index in [-0.39, 0.29) is 5.41 Å². The molecule has 0 aliphatic heterocycles. The van der Waals surface area contributed by atoms with Crippen LogP contribution in [-0.4, -0.2) is 19.2 Å². The lowest BCUT2D eigenvalue weighted by Gasteiger charge is -2.32. The van der Waals surface area contributed by atoms with Gasteiger partial charge in [0.15, 0.2) is 0 Å². The molecule has 1 N–H and O–H groups in total. The van der Waals surface area contributed by atoms with Gasteiger partial charge in [0.25, 0.3) is 0 Å². The summed E-state index contributed by atoms with van der Waals surface area (Å²) in [5, 5.41) is 3.56. The maximum atomic E-state index is 5.96. The van der Waals surface area contributed by atoms with E-state index in [2.05, 4.69) is 57.3 Å². The molecule has 0 heterocycles. The fraction of sp³-hybridized carbons (Fsp3) is 0.647. The average Bonchev–Trinajstić information content (AvgIpc) is 2.44. The van der Waals surface area contributed by atoms with Gasteiger partial charge in [-0.1, -0.05) is 58.0 Å². The molecule has 2 nitrogen and oxygen atoms in total. The molecule has 1 aromatic rings. The topological polar surface area (TPSA) is 21.3 Å². The molecule has 2 heteroatoms. The van der Waals surface area contributed by atoms with Gasteiger partial charge in [-0.05, 0) is 18.4 Å². The van der Waals surface area contributed by atoms with E-state index in [4.69, 9.17) is 4.74 Å². The first-order valence-electron chi connectivity index (χ1n) is 7.47. The van der Waals surface area contributed by atoms with Crippen LogP contribution in [0.1, 0.15) is 46.1 Å². The molecular formula is C17H29NO. The van der Waals surface area contributed by atoms with Crippen LogP contribution in [0.15, 0.2) is 30.3 Å². The largest absolute Gasteiger partial charge is 0.376 e. The highest BCUT2D eigenvalue weighted by molar-refractivity contribution is 5.13. The van der Waals surface area contributed by atoms with Crippen LogP contribution in [0.2, 0.25) is 0 Å². The summed E-state index contributed by atoms with van der Waals surface area (Å²) < 4.78 is 5.96. The van der Waals surface area contributed by atoms with Crippen molar-refractivity contribution in [2.45, 2.75) is 53.2 Å². The van der Waals surface area contributed by atoms with Gasteiger partial charge in [-0.2, -0.15) is 0 Å². The normalized spacial score (nSPS) is 12.1. The quantitative estimate of drug-likeness (QED) is 0.727. The summed E-state index contributed by atoms with van der Waals surface area (Å²) >= 11 is 0. The maximum absolute atomic E-state index is 5.96. The molecule has 0 unspecified atom stereocenters. The molecule has 19 heavy (non-hydrogen) atoms.